The molecule has 0 aromatic heterocycles. The topological polar surface area (TPSA) is 80.1 Å². The molecular weight excluding hydrogens is 178 g/mol. The van der Waals surface area contributed by atoms with E-state index in [1.54, 1.807) is 6.07 Å². The fourth-order valence-corrected chi connectivity index (χ4v) is 1.67. The van der Waals surface area contributed by atoms with Crippen molar-refractivity contribution in [2.24, 2.45) is 0 Å². The van der Waals surface area contributed by atoms with Crippen LogP contribution in [0.4, 0.5) is 5.69 Å². The maximum absolute atomic E-state index is 11.0. The fraction of sp³-hybridized carbons (Fsp3) is 0.143. The highest BCUT2D eigenvalue weighted by Gasteiger charge is 2.15. The van der Waals surface area contributed by atoms with Crippen LogP contribution >= 0.6 is 0 Å². The highest BCUT2D eigenvalue weighted by molar-refractivity contribution is 7.91. The van der Waals surface area contributed by atoms with Crippen LogP contribution in [0.15, 0.2) is 29.2 Å². The maximum Gasteiger partial charge on any atom is 0.207 e. The van der Waals surface area contributed by atoms with Gasteiger partial charge < -0.3 is 5.73 Å². The Morgan fingerprint density at radius 3 is 2.33 bits per heavy atom. The molecule has 0 saturated carbocycles. The lowest BCUT2D eigenvalue weighted by atomic mass is 10.3. The second-order valence-corrected chi connectivity index (χ2v) is 4.18. The monoisotopic (exact) mass is 186 g/mol. The van der Waals surface area contributed by atoms with Crippen LogP contribution < -0.4 is 5.73 Å². The Morgan fingerprint density at radius 1 is 1.25 bits per heavy atom. The third-order valence-corrected chi connectivity index (χ3v) is 2.76. The van der Waals surface area contributed by atoms with Gasteiger partial charge >= 0.3 is 0 Å². The summed E-state index contributed by atoms with van der Waals surface area (Å²) in [6, 6.07) is 5.91. The van der Waals surface area contributed by atoms with Crippen molar-refractivity contribution in [3.8, 4) is 0 Å². The summed E-state index contributed by atoms with van der Waals surface area (Å²) in [5.41, 5.74) is 5.48. The van der Waals surface area contributed by atoms with Gasteiger partial charge in [0.1, 0.15) is 0 Å². The van der Waals surface area contributed by atoms with Gasteiger partial charge in [-0.15, -0.1) is 0 Å². The van der Waals surface area contributed by atoms with Crippen LogP contribution in [-0.4, -0.2) is 14.4 Å². The van der Waals surface area contributed by atoms with Crippen molar-refractivity contribution < 1.29 is 13.5 Å². The molecule has 5 heteroatoms. The van der Waals surface area contributed by atoms with Gasteiger partial charge in [-0.3, -0.25) is 0 Å². The summed E-state index contributed by atoms with van der Waals surface area (Å²) in [6.45, 7) is 0. The number of sulfone groups is 1. The van der Waals surface area contributed by atoms with Crippen LogP contribution in [0.2, 0.25) is 0 Å². The number of nitrogens with two attached hydrogens (primary N) is 1. The zero-order valence-corrected chi connectivity index (χ0v) is 7.04. The molecule has 1 aromatic carbocycles. The normalized spacial score (nSPS) is 11.4. The van der Waals surface area contributed by atoms with Gasteiger partial charge in [0.2, 0.25) is 9.84 Å². The lowest BCUT2D eigenvalue weighted by molar-refractivity contribution is 0.250. The molecule has 0 saturated heterocycles. The van der Waals surface area contributed by atoms with Gasteiger partial charge in [0, 0.05) is 0 Å². The lowest BCUT2D eigenvalue weighted by Crippen LogP contribution is -2.07. The molecule has 0 aliphatic carbocycles. The molecule has 65 valence electrons. The first-order valence-electron chi connectivity index (χ1n) is 3.23. The number of para-hydroxylation sites is 1. The van der Waals surface area contributed by atoms with Crippen LogP contribution in [0.3, 0.4) is 0 Å². The van der Waals surface area contributed by atoms with E-state index in [0.717, 1.165) is 0 Å². The molecule has 0 heterocycles. The van der Waals surface area contributed by atoms with Gasteiger partial charge in [0.15, 0.2) is 5.94 Å². The first kappa shape index (κ1) is 9.02. The zero-order chi connectivity index (χ0) is 9.19. The number of hydrogen-bond donors (Lipinski definition) is 1. The van der Waals surface area contributed by atoms with Crippen molar-refractivity contribution in [1.29, 1.82) is 0 Å². The van der Waals surface area contributed by atoms with E-state index in [1.165, 1.54) is 18.2 Å². The maximum atomic E-state index is 11.0. The molecule has 1 radical (unpaired) electrons. The Bertz CT molecular complexity index is 372. The summed E-state index contributed by atoms with van der Waals surface area (Å²) in [6.07, 6.45) is 0. The van der Waals surface area contributed by atoms with Gasteiger partial charge in [-0.2, -0.15) is 0 Å². The molecule has 0 spiro atoms. The molecule has 1 aromatic rings. The van der Waals surface area contributed by atoms with E-state index < -0.39 is 15.8 Å². The van der Waals surface area contributed by atoms with Crippen LogP contribution in [0.1, 0.15) is 0 Å². The third kappa shape index (κ3) is 1.57. The van der Waals surface area contributed by atoms with Crippen LogP contribution in [0, 0.1) is 0 Å². The molecule has 0 bridgehead atoms. The molecule has 0 aliphatic heterocycles. The van der Waals surface area contributed by atoms with E-state index in [4.69, 9.17) is 5.73 Å². The first-order chi connectivity index (χ1) is 5.58. The van der Waals surface area contributed by atoms with Gasteiger partial charge in [-0.25, -0.2) is 13.5 Å². The van der Waals surface area contributed by atoms with E-state index in [2.05, 4.69) is 0 Å². The summed E-state index contributed by atoms with van der Waals surface area (Å²) in [7, 11) is -3.71. The van der Waals surface area contributed by atoms with E-state index >= 15 is 0 Å². The number of benzene rings is 1. The minimum Gasteiger partial charge on any atom is -0.398 e. The molecule has 0 fully saturated rings. The average molecular weight is 186 g/mol. The fourth-order valence-electron chi connectivity index (χ4n) is 0.827. The molecule has 2 N–H and O–H groups in total. The highest BCUT2D eigenvalue weighted by atomic mass is 32.2. The van der Waals surface area contributed by atoms with Gasteiger partial charge in [0.05, 0.1) is 10.6 Å². The quantitative estimate of drug-likeness (QED) is 0.680. The molecule has 0 aliphatic rings. The minimum absolute atomic E-state index is 0.0833. The van der Waals surface area contributed by atoms with Gasteiger partial charge in [0.25, 0.3) is 0 Å². The van der Waals surface area contributed by atoms with Crippen molar-refractivity contribution in [2.45, 2.75) is 4.90 Å². The first-order valence-corrected chi connectivity index (χ1v) is 4.88. The minimum atomic E-state index is -3.71. The molecule has 0 unspecified atom stereocenters. The summed E-state index contributed by atoms with van der Waals surface area (Å²) in [5.74, 6) is -1.17. The molecule has 4 nitrogen and oxygen atoms in total. The largest absolute Gasteiger partial charge is 0.398 e. The predicted octanol–water partition coefficient (Wildman–Crippen LogP) is 0.431. The predicted molar refractivity (Wildman–Crippen MR) is 43.6 cm³/mol. The summed E-state index contributed by atoms with van der Waals surface area (Å²) < 4.78 is 22.1. The van der Waals surface area contributed by atoms with Crippen LogP contribution in [0.5, 0.6) is 0 Å². The Kier molecular flexibility index (Phi) is 2.35. The van der Waals surface area contributed by atoms with Crippen molar-refractivity contribution in [1.82, 2.24) is 0 Å². The van der Waals surface area contributed by atoms with Crippen molar-refractivity contribution >= 4 is 15.5 Å². The van der Waals surface area contributed by atoms with Crippen molar-refractivity contribution in [3.05, 3.63) is 24.3 Å². The zero-order valence-electron chi connectivity index (χ0n) is 6.23. The standard InChI is InChI=1S/C7H8NO3S/c8-6-3-1-2-4-7(6)12(10,11)5-9/h1-4H,5,8H2. The van der Waals surface area contributed by atoms with Crippen molar-refractivity contribution in [3.63, 3.8) is 0 Å². The second-order valence-electron chi connectivity index (χ2n) is 2.27. The van der Waals surface area contributed by atoms with Crippen LogP contribution in [-0.2, 0) is 14.9 Å². The molecule has 12 heavy (non-hydrogen) atoms. The SMILES string of the molecule is Nc1ccccc1S(=O)(=O)C[O]. The summed E-state index contributed by atoms with van der Waals surface area (Å²) in [4.78, 5) is -0.0833. The number of anilines is 1. The Balaban J connectivity index is 3.30. The molecule has 0 amide bonds. The summed E-state index contributed by atoms with van der Waals surface area (Å²) >= 11 is 0. The lowest BCUT2D eigenvalue weighted by Gasteiger charge is -2.02. The smallest absolute Gasteiger partial charge is 0.207 e. The summed E-state index contributed by atoms with van der Waals surface area (Å²) in [5, 5.41) is 10.3. The van der Waals surface area contributed by atoms with Gasteiger partial charge in [-0.1, -0.05) is 12.1 Å². The van der Waals surface area contributed by atoms with E-state index in [1.807, 2.05) is 0 Å². The third-order valence-electron chi connectivity index (χ3n) is 1.41. The number of nitrogen functional groups attached to an aromatic ring is 1. The molecular formula is C7H8NO3S. The second kappa shape index (κ2) is 3.12. The Labute approximate surface area is 70.6 Å². The Morgan fingerprint density at radius 2 is 1.83 bits per heavy atom. The molecule has 0 atom stereocenters. The van der Waals surface area contributed by atoms with E-state index in [9.17, 15) is 13.5 Å². The van der Waals surface area contributed by atoms with Crippen molar-refractivity contribution in [2.75, 3.05) is 11.7 Å². The van der Waals surface area contributed by atoms with E-state index in [0.29, 0.717) is 0 Å². The molecule has 1 rings (SSSR count). The Hall–Kier alpha value is -1.07. The van der Waals surface area contributed by atoms with Crippen LogP contribution in [0.25, 0.3) is 0 Å². The number of hydrogen-bond acceptors (Lipinski definition) is 3. The highest BCUT2D eigenvalue weighted by Crippen LogP contribution is 2.17. The van der Waals surface area contributed by atoms with Gasteiger partial charge in [-0.05, 0) is 12.1 Å². The number of rotatable bonds is 2. The van der Waals surface area contributed by atoms with E-state index in [-0.39, 0.29) is 10.6 Å². The average Bonchev–Trinajstić information content (AvgIpc) is 2.05.